The summed E-state index contributed by atoms with van der Waals surface area (Å²) in [5, 5.41) is 8.03. The van der Waals surface area contributed by atoms with Crippen LogP contribution in [-0.4, -0.2) is 23.2 Å². The van der Waals surface area contributed by atoms with E-state index in [0.29, 0.717) is 17.1 Å². The van der Waals surface area contributed by atoms with E-state index in [4.69, 9.17) is 0 Å². The van der Waals surface area contributed by atoms with Gasteiger partial charge in [-0.1, -0.05) is 24.3 Å². The molecule has 0 aliphatic carbocycles. The van der Waals surface area contributed by atoms with E-state index in [1.807, 2.05) is 36.6 Å². The third kappa shape index (κ3) is 3.56. The summed E-state index contributed by atoms with van der Waals surface area (Å²) in [4.78, 5) is 0.287. The fourth-order valence-corrected chi connectivity index (χ4v) is 4.02. The van der Waals surface area contributed by atoms with Gasteiger partial charge in [-0.3, -0.25) is 4.72 Å². The van der Waals surface area contributed by atoms with E-state index in [-0.39, 0.29) is 4.90 Å². The zero-order valence-electron chi connectivity index (χ0n) is 14.4. The van der Waals surface area contributed by atoms with Crippen molar-refractivity contribution >= 4 is 15.7 Å². The molecule has 0 aliphatic heterocycles. The number of benzene rings is 2. The first-order valence-electron chi connectivity index (χ1n) is 7.99. The van der Waals surface area contributed by atoms with Crippen molar-refractivity contribution in [3.8, 4) is 11.4 Å². The Morgan fingerprint density at radius 3 is 2.68 bits per heavy atom. The standard InChI is InChI=1S/C18H20N4O2S/c1-4-22-12-19-20-18(22)15-6-5-7-16(11-15)21-25(23,24)17-10-13(2)8-9-14(17)3/h5-12,21H,4H2,1-3H3. The number of aryl methyl sites for hydroxylation is 3. The first kappa shape index (κ1) is 17.2. The molecule has 2 aromatic carbocycles. The van der Waals surface area contributed by atoms with Crippen LogP contribution in [0.2, 0.25) is 0 Å². The first-order valence-corrected chi connectivity index (χ1v) is 9.47. The summed E-state index contributed by atoms with van der Waals surface area (Å²) in [5.74, 6) is 0.704. The van der Waals surface area contributed by atoms with E-state index in [2.05, 4.69) is 14.9 Å². The van der Waals surface area contributed by atoms with Gasteiger partial charge in [0.15, 0.2) is 5.82 Å². The van der Waals surface area contributed by atoms with E-state index in [1.54, 1.807) is 37.5 Å². The van der Waals surface area contributed by atoms with Crippen LogP contribution in [0.5, 0.6) is 0 Å². The van der Waals surface area contributed by atoms with Gasteiger partial charge in [-0.2, -0.15) is 0 Å². The Labute approximate surface area is 147 Å². The molecule has 0 atom stereocenters. The molecule has 3 aromatic rings. The van der Waals surface area contributed by atoms with Gasteiger partial charge >= 0.3 is 0 Å². The summed E-state index contributed by atoms with van der Waals surface area (Å²) >= 11 is 0. The van der Waals surface area contributed by atoms with Crippen LogP contribution in [0.15, 0.2) is 53.7 Å². The predicted octanol–water partition coefficient (Wildman–Crippen LogP) is 3.38. The fourth-order valence-electron chi connectivity index (χ4n) is 2.64. The van der Waals surface area contributed by atoms with Gasteiger partial charge in [0.1, 0.15) is 6.33 Å². The Kier molecular flexibility index (Phi) is 4.59. The van der Waals surface area contributed by atoms with Gasteiger partial charge in [-0.25, -0.2) is 8.42 Å². The molecule has 0 bridgehead atoms. The Morgan fingerprint density at radius 2 is 1.92 bits per heavy atom. The van der Waals surface area contributed by atoms with Crippen molar-refractivity contribution in [2.24, 2.45) is 0 Å². The number of hydrogen-bond acceptors (Lipinski definition) is 4. The Bertz CT molecular complexity index is 1010. The highest BCUT2D eigenvalue weighted by Crippen LogP contribution is 2.24. The van der Waals surface area contributed by atoms with Crippen molar-refractivity contribution in [1.29, 1.82) is 0 Å². The normalized spacial score (nSPS) is 11.5. The quantitative estimate of drug-likeness (QED) is 0.760. The van der Waals surface area contributed by atoms with Crippen LogP contribution in [0.25, 0.3) is 11.4 Å². The average Bonchev–Trinajstić information content (AvgIpc) is 3.05. The number of aromatic nitrogens is 3. The fraction of sp³-hybridized carbons (Fsp3) is 0.222. The van der Waals surface area contributed by atoms with Gasteiger partial charge in [0.25, 0.3) is 10.0 Å². The Morgan fingerprint density at radius 1 is 1.12 bits per heavy atom. The van der Waals surface area contributed by atoms with Crippen LogP contribution in [0.3, 0.4) is 0 Å². The number of hydrogen-bond donors (Lipinski definition) is 1. The number of nitrogens with zero attached hydrogens (tertiary/aromatic N) is 3. The average molecular weight is 356 g/mol. The maximum Gasteiger partial charge on any atom is 0.262 e. The lowest BCUT2D eigenvalue weighted by Gasteiger charge is -2.12. The lowest BCUT2D eigenvalue weighted by molar-refractivity contribution is 0.600. The summed E-state index contributed by atoms with van der Waals surface area (Å²) < 4.78 is 30.1. The molecule has 3 rings (SSSR count). The zero-order valence-corrected chi connectivity index (χ0v) is 15.2. The molecule has 130 valence electrons. The molecule has 1 aromatic heterocycles. The Hall–Kier alpha value is -2.67. The van der Waals surface area contributed by atoms with E-state index in [9.17, 15) is 8.42 Å². The third-order valence-electron chi connectivity index (χ3n) is 3.96. The van der Waals surface area contributed by atoms with Crippen LogP contribution in [0.4, 0.5) is 5.69 Å². The maximum atomic E-state index is 12.8. The van der Waals surface area contributed by atoms with E-state index < -0.39 is 10.0 Å². The molecule has 7 heteroatoms. The molecular formula is C18H20N4O2S. The van der Waals surface area contributed by atoms with Crippen molar-refractivity contribution in [2.75, 3.05) is 4.72 Å². The van der Waals surface area contributed by atoms with Gasteiger partial charge in [0.2, 0.25) is 0 Å². The topological polar surface area (TPSA) is 76.9 Å². The summed E-state index contributed by atoms with van der Waals surface area (Å²) in [5.41, 5.74) is 2.90. The number of anilines is 1. The van der Waals surface area contributed by atoms with Crippen LogP contribution in [0, 0.1) is 13.8 Å². The van der Waals surface area contributed by atoms with Crippen molar-refractivity contribution in [1.82, 2.24) is 14.8 Å². The highest BCUT2D eigenvalue weighted by Gasteiger charge is 2.17. The minimum Gasteiger partial charge on any atom is -0.314 e. The second-order valence-electron chi connectivity index (χ2n) is 5.90. The minimum absolute atomic E-state index is 0.287. The van der Waals surface area contributed by atoms with Gasteiger partial charge in [-0.05, 0) is 50.1 Å². The molecular weight excluding hydrogens is 336 g/mol. The van der Waals surface area contributed by atoms with Gasteiger partial charge < -0.3 is 4.57 Å². The van der Waals surface area contributed by atoms with Crippen LogP contribution >= 0.6 is 0 Å². The van der Waals surface area contributed by atoms with Crippen molar-refractivity contribution in [3.05, 3.63) is 59.9 Å². The lowest BCUT2D eigenvalue weighted by Crippen LogP contribution is -2.14. The largest absolute Gasteiger partial charge is 0.314 e. The molecule has 0 fully saturated rings. The number of sulfonamides is 1. The summed E-state index contributed by atoms with van der Waals surface area (Å²) in [6.45, 7) is 6.39. The second-order valence-corrected chi connectivity index (χ2v) is 7.55. The molecule has 6 nitrogen and oxygen atoms in total. The molecule has 0 aliphatic rings. The number of rotatable bonds is 5. The first-order chi connectivity index (χ1) is 11.9. The van der Waals surface area contributed by atoms with Gasteiger partial charge in [0, 0.05) is 17.8 Å². The maximum absolute atomic E-state index is 12.8. The van der Waals surface area contributed by atoms with Crippen LogP contribution in [-0.2, 0) is 16.6 Å². The molecule has 25 heavy (non-hydrogen) atoms. The Balaban J connectivity index is 1.96. The van der Waals surface area contributed by atoms with Gasteiger partial charge in [-0.15, -0.1) is 10.2 Å². The highest BCUT2D eigenvalue weighted by atomic mass is 32.2. The summed E-state index contributed by atoms with van der Waals surface area (Å²) in [6, 6.07) is 12.5. The SMILES string of the molecule is CCn1cnnc1-c1cccc(NS(=O)(=O)c2cc(C)ccc2C)c1. The van der Waals surface area contributed by atoms with E-state index in [0.717, 1.165) is 17.7 Å². The second kappa shape index (κ2) is 6.68. The van der Waals surface area contributed by atoms with Crippen molar-refractivity contribution in [2.45, 2.75) is 32.2 Å². The smallest absolute Gasteiger partial charge is 0.262 e. The zero-order chi connectivity index (χ0) is 18.0. The summed E-state index contributed by atoms with van der Waals surface area (Å²) in [7, 11) is -3.66. The monoisotopic (exact) mass is 356 g/mol. The molecule has 0 saturated heterocycles. The molecule has 0 radical (unpaired) electrons. The predicted molar refractivity (Wildman–Crippen MR) is 97.9 cm³/mol. The number of nitrogens with one attached hydrogen (secondary N) is 1. The molecule has 1 N–H and O–H groups in total. The third-order valence-corrected chi connectivity index (χ3v) is 5.49. The molecule has 1 heterocycles. The van der Waals surface area contributed by atoms with E-state index in [1.165, 1.54) is 0 Å². The highest BCUT2D eigenvalue weighted by molar-refractivity contribution is 7.92. The van der Waals surface area contributed by atoms with E-state index >= 15 is 0 Å². The summed E-state index contributed by atoms with van der Waals surface area (Å²) in [6.07, 6.45) is 1.66. The molecule has 0 amide bonds. The minimum atomic E-state index is -3.66. The van der Waals surface area contributed by atoms with Crippen LogP contribution in [0.1, 0.15) is 18.1 Å². The molecule has 0 spiro atoms. The van der Waals surface area contributed by atoms with Crippen molar-refractivity contribution in [3.63, 3.8) is 0 Å². The lowest BCUT2D eigenvalue weighted by atomic mass is 10.2. The van der Waals surface area contributed by atoms with Crippen LogP contribution < -0.4 is 4.72 Å². The molecule has 0 unspecified atom stereocenters. The molecule has 0 saturated carbocycles. The van der Waals surface area contributed by atoms with Gasteiger partial charge in [0.05, 0.1) is 4.90 Å². The van der Waals surface area contributed by atoms with Crippen molar-refractivity contribution < 1.29 is 8.42 Å².